The van der Waals surface area contributed by atoms with Crippen LogP contribution < -0.4 is 5.14 Å². The lowest BCUT2D eigenvalue weighted by Crippen LogP contribution is -2.17. The molecule has 0 radical (unpaired) electrons. The molecule has 0 amide bonds. The van der Waals surface area contributed by atoms with Crippen LogP contribution in [-0.4, -0.2) is 29.3 Å². The second kappa shape index (κ2) is 5.06. The number of hydrogen-bond acceptors (Lipinski definition) is 6. The normalized spacial score (nSPS) is 11.9. The van der Waals surface area contributed by atoms with E-state index in [1.54, 1.807) is 0 Å². The Hall–Kier alpha value is -0.180. The second-order valence-corrected chi connectivity index (χ2v) is 6.37. The van der Waals surface area contributed by atoms with Crippen molar-refractivity contribution in [3.63, 3.8) is 0 Å². The minimum atomic E-state index is -3.36. The van der Waals surface area contributed by atoms with Gasteiger partial charge in [-0.2, -0.15) is 4.37 Å². The smallest absolute Gasteiger partial charge is 0.209 e. The summed E-state index contributed by atoms with van der Waals surface area (Å²) in [5.74, 6) is 1.20. The number of rotatable bonds is 5. The summed E-state index contributed by atoms with van der Waals surface area (Å²) in [4.78, 5) is 4.18. The first-order valence-electron chi connectivity index (χ1n) is 3.97. The summed E-state index contributed by atoms with van der Waals surface area (Å²) < 4.78 is 26.1. The van der Waals surface area contributed by atoms with Gasteiger partial charge in [-0.15, -0.1) is 0 Å². The van der Waals surface area contributed by atoms with Gasteiger partial charge in [0.2, 0.25) is 10.0 Å². The van der Waals surface area contributed by atoms with E-state index in [-0.39, 0.29) is 5.75 Å². The molecular formula is C6H11N3O2S3. The summed E-state index contributed by atoms with van der Waals surface area (Å²) in [5.41, 5.74) is 0. The van der Waals surface area contributed by atoms with Crippen molar-refractivity contribution in [2.75, 3.05) is 11.5 Å². The minimum Gasteiger partial charge on any atom is -0.229 e. The molecule has 0 bridgehead atoms. The first kappa shape index (κ1) is 11.9. The Balaban J connectivity index is 2.39. The Morgan fingerprint density at radius 2 is 2.29 bits per heavy atom. The second-order valence-electron chi connectivity index (χ2n) is 2.55. The third-order valence-electron chi connectivity index (χ3n) is 1.36. The van der Waals surface area contributed by atoms with Gasteiger partial charge in [-0.05, 0) is 11.5 Å². The maximum absolute atomic E-state index is 10.6. The number of nitrogens with zero attached hydrogens (tertiary/aromatic N) is 2. The Bertz CT molecular complexity index is 387. The van der Waals surface area contributed by atoms with Crippen molar-refractivity contribution in [1.82, 2.24) is 9.36 Å². The summed E-state index contributed by atoms with van der Waals surface area (Å²) in [6.45, 7) is 1.97. The largest absolute Gasteiger partial charge is 0.229 e. The molecule has 0 aliphatic rings. The van der Waals surface area contributed by atoms with Crippen LogP contribution >= 0.6 is 23.3 Å². The lowest BCUT2D eigenvalue weighted by atomic mass is 10.5. The van der Waals surface area contributed by atoms with Crippen LogP contribution in [0.5, 0.6) is 0 Å². The van der Waals surface area contributed by atoms with E-state index in [9.17, 15) is 8.42 Å². The Morgan fingerprint density at radius 3 is 2.79 bits per heavy atom. The molecule has 0 aromatic carbocycles. The van der Waals surface area contributed by atoms with Crippen molar-refractivity contribution < 1.29 is 8.42 Å². The van der Waals surface area contributed by atoms with Crippen LogP contribution in [0.3, 0.4) is 0 Å². The van der Waals surface area contributed by atoms with E-state index in [4.69, 9.17) is 5.14 Å². The van der Waals surface area contributed by atoms with E-state index in [2.05, 4.69) is 9.36 Å². The molecule has 80 valence electrons. The third kappa shape index (κ3) is 4.36. The van der Waals surface area contributed by atoms with Crippen LogP contribution in [0.25, 0.3) is 0 Å². The molecule has 0 unspecified atom stereocenters. The monoisotopic (exact) mass is 253 g/mol. The lowest BCUT2D eigenvalue weighted by Gasteiger charge is -1.94. The topological polar surface area (TPSA) is 85.9 Å². The quantitative estimate of drug-likeness (QED) is 0.771. The van der Waals surface area contributed by atoms with Gasteiger partial charge in [-0.25, -0.2) is 18.5 Å². The van der Waals surface area contributed by atoms with E-state index in [0.717, 1.165) is 16.6 Å². The van der Waals surface area contributed by atoms with Gasteiger partial charge in [-0.3, -0.25) is 0 Å². The molecule has 1 heterocycles. The van der Waals surface area contributed by atoms with Crippen LogP contribution in [0, 0.1) is 0 Å². The zero-order valence-corrected chi connectivity index (χ0v) is 10.1. The van der Waals surface area contributed by atoms with Crippen molar-refractivity contribution in [3.05, 3.63) is 5.82 Å². The molecule has 1 aromatic rings. The molecule has 14 heavy (non-hydrogen) atoms. The van der Waals surface area contributed by atoms with Gasteiger partial charge in [-0.1, -0.05) is 18.7 Å². The van der Waals surface area contributed by atoms with E-state index in [1.807, 2.05) is 6.92 Å². The fourth-order valence-corrected chi connectivity index (χ4v) is 3.36. The van der Waals surface area contributed by atoms with Crippen LogP contribution in [0.4, 0.5) is 0 Å². The van der Waals surface area contributed by atoms with Gasteiger partial charge in [0.1, 0.15) is 5.82 Å². The van der Waals surface area contributed by atoms with Crippen molar-refractivity contribution in [1.29, 1.82) is 0 Å². The molecule has 0 aliphatic heterocycles. The zero-order valence-electron chi connectivity index (χ0n) is 7.63. The SMILES string of the molecule is CCc1nsc(SCCS(N)(=O)=O)n1. The summed E-state index contributed by atoms with van der Waals surface area (Å²) in [6.07, 6.45) is 0.798. The summed E-state index contributed by atoms with van der Waals surface area (Å²) in [5, 5.41) is 4.86. The van der Waals surface area contributed by atoms with Gasteiger partial charge in [0.25, 0.3) is 0 Å². The van der Waals surface area contributed by atoms with Gasteiger partial charge < -0.3 is 0 Å². The van der Waals surface area contributed by atoms with Gasteiger partial charge >= 0.3 is 0 Å². The maximum atomic E-state index is 10.6. The highest BCUT2D eigenvalue weighted by molar-refractivity contribution is 8.01. The number of nitrogens with two attached hydrogens (primary N) is 1. The Morgan fingerprint density at radius 1 is 1.57 bits per heavy atom. The Kier molecular flexibility index (Phi) is 4.30. The molecule has 2 N–H and O–H groups in total. The maximum Gasteiger partial charge on any atom is 0.209 e. The zero-order chi connectivity index (χ0) is 10.6. The highest BCUT2D eigenvalue weighted by atomic mass is 32.2. The van der Waals surface area contributed by atoms with E-state index >= 15 is 0 Å². The van der Waals surface area contributed by atoms with Crippen molar-refractivity contribution in [2.24, 2.45) is 5.14 Å². The molecule has 0 spiro atoms. The Labute approximate surface area is 91.3 Å². The van der Waals surface area contributed by atoms with Crippen LogP contribution in [-0.2, 0) is 16.4 Å². The number of hydrogen-bond donors (Lipinski definition) is 1. The molecule has 8 heteroatoms. The number of thioether (sulfide) groups is 1. The first-order chi connectivity index (χ1) is 6.51. The summed E-state index contributed by atoms with van der Waals surface area (Å²) >= 11 is 2.66. The van der Waals surface area contributed by atoms with E-state index in [0.29, 0.717) is 5.75 Å². The highest BCUT2D eigenvalue weighted by Crippen LogP contribution is 2.19. The van der Waals surface area contributed by atoms with Crippen molar-refractivity contribution >= 4 is 33.3 Å². The molecule has 5 nitrogen and oxygen atoms in total. The fraction of sp³-hybridized carbons (Fsp3) is 0.667. The van der Waals surface area contributed by atoms with Crippen LogP contribution in [0.2, 0.25) is 0 Å². The third-order valence-corrected chi connectivity index (χ3v) is 4.26. The predicted octanol–water partition coefficient (Wildman–Crippen LogP) is 0.481. The summed E-state index contributed by atoms with van der Waals surface area (Å²) in [6, 6.07) is 0. The fourth-order valence-electron chi connectivity index (χ4n) is 0.685. The van der Waals surface area contributed by atoms with E-state index < -0.39 is 10.0 Å². The minimum absolute atomic E-state index is 0.0291. The standard InChI is InChI=1S/C6H11N3O2S3/c1-2-5-8-6(13-9-5)12-3-4-14(7,10)11/h2-4H2,1H3,(H2,7,10,11). The highest BCUT2D eigenvalue weighted by Gasteiger charge is 2.06. The molecule has 0 atom stereocenters. The average molecular weight is 253 g/mol. The molecule has 0 aliphatic carbocycles. The molecular weight excluding hydrogens is 242 g/mol. The summed E-state index contributed by atoms with van der Waals surface area (Å²) in [7, 11) is -3.36. The van der Waals surface area contributed by atoms with Gasteiger partial charge in [0.05, 0.1) is 5.75 Å². The number of sulfonamides is 1. The van der Waals surface area contributed by atoms with Crippen molar-refractivity contribution in [2.45, 2.75) is 17.7 Å². The average Bonchev–Trinajstić information content (AvgIpc) is 2.50. The molecule has 0 saturated carbocycles. The number of primary sulfonamides is 1. The van der Waals surface area contributed by atoms with Crippen LogP contribution in [0.1, 0.15) is 12.7 Å². The van der Waals surface area contributed by atoms with Crippen LogP contribution in [0.15, 0.2) is 4.34 Å². The first-order valence-corrected chi connectivity index (χ1v) is 7.44. The number of aryl methyl sites for hydroxylation is 1. The molecule has 1 rings (SSSR count). The number of aromatic nitrogens is 2. The molecule has 0 saturated heterocycles. The van der Waals surface area contributed by atoms with Gasteiger partial charge in [0.15, 0.2) is 4.34 Å². The molecule has 0 fully saturated rings. The van der Waals surface area contributed by atoms with Crippen molar-refractivity contribution in [3.8, 4) is 0 Å². The van der Waals surface area contributed by atoms with E-state index in [1.165, 1.54) is 23.3 Å². The van der Waals surface area contributed by atoms with Gasteiger partial charge in [0, 0.05) is 12.2 Å². The lowest BCUT2D eigenvalue weighted by molar-refractivity contribution is 0.599. The molecule has 1 aromatic heterocycles. The predicted molar refractivity (Wildman–Crippen MR) is 58.0 cm³/mol.